The van der Waals surface area contributed by atoms with Gasteiger partial charge in [-0.15, -0.1) is 0 Å². The van der Waals surface area contributed by atoms with Crippen LogP contribution in [0.15, 0.2) is 103 Å². The summed E-state index contributed by atoms with van der Waals surface area (Å²) in [5, 5.41) is 10.4. The first kappa shape index (κ1) is 24.1. The number of Topliss-reactive ketones (excluding diaryl/α,β-unsaturated/α-hetero) is 3. The Balaban J connectivity index is 1.56. The van der Waals surface area contributed by atoms with Gasteiger partial charge in [0.1, 0.15) is 11.5 Å². The smallest absolute Gasteiger partial charge is 0.185 e. The summed E-state index contributed by atoms with van der Waals surface area (Å²) in [5.74, 6) is -1.53. The van der Waals surface area contributed by atoms with Crippen molar-refractivity contribution in [3.63, 3.8) is 0 Å². The van der Waals surface area contributed by atoms with Crippen molar-refractivity contribution >= 4 is 29.1 Å². The maximum absolute atomic E-state index is 14.6. The Bertz CT molecular complexity index is 1710. The van der Waals surface area contributed by atoms with Crippen molar-refractivity contribution in [2.45, 2.75) is 18.0 Å². The second kappa shape index (κ2) is 8.78. The Labute approximate surface area is 231 Å². The molecule has 0 bridgehead atoms. The van der Waals surface area contributed by atoms with Gasteiger partial charge in [0.2, 0.25) is 0 Å². The number of hydrogen-bond acceptors (Lipinski definition) is 6. The number of nitrogens with zero attached hydrogens (tertiary/aromatic N) is 1. The first-order chi connectivity index (χ1) is 19.5. The van der Waals surface area contributed by atoms with E-state index in [1.54, 1.807) is 60.7 Å². The summed E-state index contributed by atoms with van der Waals surface area (Å²) >= 11 is 0. The van der Waals surface area contributed by atoms with E-state index in [1.165, 1.54) is 13.2 Å². The zero-order chi connectivity index (χ0) is 27.6. The number of methoxy groups -OCH3 is 1. The van der Waals surface area contributed by atoms with Crippen LogP contribution in [0.3, 0.4) is 0 Å². The molecule has 1 aliphatic carbocycles. The number of carbonyl (C=O) groups is 3. The third-order valence-corrected chi connectivity index (χ3v) is 8.60. The molecule has 4 aromatic rings. The number of fused-ring (bicyclic) bond motifs is 5. The first-order valence-electron chi connectivity index (χ1n) is 13.2. The predicted molar refractivity (Wildman–Crippen MR) is 151 cm³/mol. The lowest BCUT2D eigenvalue weighted by Gasteiger charge is -2.37. The average molecular weight is 528 g/mol. The van der Waals surface area contributed by atoms with Crippen LogP contribution in [0.2, 0.25) is 0 Å². The monoisotopic (exact) mass is 527 g/mol. The molecule has 6 nitrogen and oxygen atoms in total. The normalized spacial score (nSPS) is 21.7. The molecule has 1 saturated heterocycles. The van der Waals surface area contributed by atoms with E-state index in [1.807, 2.05) is 47.4 Å². The molecule has 0 amide bonds. The number of anilines is 1. The highest BCUT2D eigenvalue weighted by Gasteiger charge is 2.71. The third-order valence-electron chi connectivity index (χ3n) is 8.60. The van der Waals surface area contributed by atoms with E-state index in [-0.39, 0.29) is 28.8 Å². The highest BCUT2D eigenvalue weighted by Crippen LogP contribution is 2.61. The number of ketones is 3. The minimum atomic E-state index is -1.61. The summed E-state index contributed by atoms with van der Waals surface area (Å²) in [7, 11) is 1.44. The van der Waals surface area contributed by atoms with Crippen molar-refractivity contribution in [2.24, 2.45) is 5.41 Å². The number of phenols is 1. The number of aromatic hydroxyl groups is 1. The molecule has 2 heterocycles. The number of phenolic OH excluding ortho intramolecular Hbond substituents is 1. The molecule has 2 aliphatic heterocycles. The van der Waals surface area contributed by atoms with Crippen LogP contribution in [0.4, 0.5) is 5.69 Å². The van der Waals surface area contributed by atoms with Gasteiger partial charge in [0.05, 0.1) is 13.2 Å². The number of ether oxygens (including phenoxy) is 1. The van der Waals surface area contributed by atoms with Gasteiger partial charge in [-0.05, 0) is 29.3 Å². The second-order valence-corrected chi connectivity index (χ2v) is 10.4. The minimum Gasteiger partial charge on any atom is -0.504 e. The molecular weight excluding hydrogens is 502 g/mol. The standard InChI is InChI=1S/C34H25NO5/c1-40-27-19-22(15-17-26(27)36)29-30(31(37)21-10-3-2-4-11-21)35-25-14-8-5-9-20(25)16-18-28(35)34(29)32(38)23-12-6-7-13-24(23)33(34)39/h2-19,28-30,36H,1H3/t28-,29-,30+/m0/s1. The maximum atomic E-state index is 14.6. The number of para-hydroxylation sites is 1. The Morgan fingerprint density at radius 2 is 1.50 bits per heavy atom. The van der Waals surface area contributed by atoms with Crippen molar-refractivity contribution < 1.29 is 24.2 Å². The summed E-state index contributed by atoms with van der Waals surface area (Å²) in [6.45, 7) is 0. The van der Waals surface area contributed by atoms with Crippen molar-refractivity contribution in [1.82, 2.24) is 0 Å². The Kier molecular flexibility index (Phi) is 5.29. The van der Waals surface area contributed by atoms with Crippen LogP contribution in [0.25, 0.3) is 6.08 Å². The maximum Gasteiger partial charge on any atom is 0.185 e. The van der Waals surface area contributed by atoms with Gasteiger partial charge in [-0.3, -0.25) is 14.4 Å². The Morgan fingerprint density at radius 3 is 2.20 bits per heavy atom. The van der Waals surface area contributed by atoms with Crippen LogP contribution in [0.5, 0.6) is 11.5 Å². The van der Waals surface area contributed by atoms with Gasteiger partial charge in [-0.25, -0.2) is 0 Å². The lowest BCUT2D eigenvalue weighted by atomic mass is 9.64. The lowest BCUT2D eigenvalue weighted by Crippen LogP contribution is -2.48. The highest BCUT2D eigenvalue weighted by atomic mass is 16.5. The number of hydrogen-bond donors (Lipinski definition) is 1. The van der Waals surface area contributed by atoms with Gasteiger partial charge in [-0.2, -0.15) is 0 Å². The first-order valence-corrected chi connectivity index (χ1v) is 13.2. The molecule has 40 heavy (non-hydrogen) atoms. The van der Waals surface area contributed by atoms with Gasteiger partial charge in [0, 0.05) is 28.3 Å². The number of carbonyl (C=O) groups excluding carboxylic acids is 3. The van der Waals surface area contributed by atoms with Crippen molar-refractivity contribution in [3.8, 4) is 11.5 Å². The summed E-state index contributed by atoms with van der Waals surface area (Å²) in [4.78, 5) is 45.8. The lowest BCUT2D eigenvalue weighted by molar-refractivity contribution is 0.0666. The fraction of sp³-hybridized carbons (Fsp3) is 0.147. The van der Waals surface area contributed by atoms with E-state index in [0.29, 0.717) is 22.3 Å². The molecule has 196 valence electrons. The van der Waals surface area contributed by atoms with E-state index >= 15 is 0 Å². The van der Waals surface area contributed by atoms with Crippen molar-refractivity contribution in [1.29, 1.82) is 0 Å². The van der Waals surface area contributed by atoms with E-state index < -0.39 is 23.4 Å². The second-order valence-electron chi connectivity index (χ2n) is 10.4. The molecule has 1 fully saturated rings. The zero-order valence-corrected chi connectivity index (χ0v) is 21.7. The van der Waals surface area contributed by atoms with Crippen LogP contribution < -0.4 is 9.64 Å². The summed E-state index contributed by atoms with van der Waals surface area (Å²) in [6.07, 6.45) is 3.83. The number of rotatable bonds is 4. The summed E-state index contributed by atoms with van der Waals surface area (Å²) < 4.78 is 5.43. The van der Waals surface area contributed by atoms with E-state index in [4.69, 9.17) is 4.74 Å². The van der Waals surface area contributed by atoms with Crippen LogP contribution >= 0.6 is 0 Å². The van der Waals surface area contributed by atoms with Crippen LogP contribution in [-0.2, 0) is 0 Å². The van der Waals surface area contributed by atoms with Gasteiger partial charge < -0.3 is 14.7 Å². The van der Waals surface area contributed by atoms with Gasteiger partial charge in [0.25, 0.3) is 0 Å². The van der Waals surface area contributed by atoms with E-state index in [0.717, 1.165) is 11.3 Å². The highest BCUT2D eigenvalue weighted by molar-refractivity contribution is 6.32. The fourth-order valence-electron chi connectivity index (χ4n) is 6.95. The molecule has 0 aromatic heterocycles. The molecule has 1 N–H and O–H groups in total. The molecular formula is C34H25NO5. The van der Waals surface area contributed by atoms with E-state index in [9.17, 15) is 19.5 Å². The topological polar surface area (TPSA) is 83.9 Å². The van der Waals surface area contributed by atoms with Crippen LogP contribution in [-0.4, -0.2) is 41.6 Å². The molecule has 7 rings (SSSR count). The van der Waals surface area contributed by atoms with Gasteiger partial charge in [-0.1, -0.05) is 91.0 Å². The largest absolute Gasteiger partial charge is 0.504 e. The van der Waals surface area contributed by atoms with Crippen molar-refractivity contribution in [2.75, 3.05) is 12.0 Å². The molecule has 0 saturated carbocycles. The summed E-state index contributed by atoms with van der Waals surface area (Å²) in [6, 6.07) is 26.8. The third kappa shape index (κ3) is 3.07. The Morgan fingerprint density at radius 1 is 0.850 bits per heavy atom. The van der Waals surface area contributed by atoms with Gasteiger partial charge >= 0.3 is 0 Å². The number of benzene rings is 4. The quantitative estimate of drug-likeness (QED) is 0.270. The minimum absolute atomic E-state index is 0.0699. The molecule has 0 unspecified atom stereocenters. The average Bonchev–Trinajstić information content (AvgIpc) is 3.43. The predicted octanol–water partition coefficient (Wildman–Crippen LogP) is 5.72. The van der Waals surface area contributed by atoms with E-state index in [2.05, 4.69) is 0 Å². The molecule has 6 heteroatoms. The van der Waals surface area contributed by atoms with Crippen LogP contribution in [0, 0.1) is 5.41 Å². The van der Waals surface area contributed by atoms with Crippen molar-refractivity contribution in [3.05, 3.63) is 131 Å². The summed E-state index contributed by atoms with van der Waals surface area (Å²) in [5.41, 5.74) is 1.87. The molecule has 3 aliphatic rings. The molecule has 3 atom stereocenters. The Hall–Kier alpha value is -4.97. The van der Waals surface area contributed by atoms with Crippen LogP contribution in [0.1, 0.15) is 48.1 Å². The molecule has 4 aromatic carbocycles. The zero-order valence-electron chi connectivity index (χ0n) is 21.7. The SMILES string of the molecule is COc1cc([C@H]2[C@H](C(=O)c3ccccc3)N3c4ccccc4C=C[C@H]3C23C(=O)c2ccccc2C3=O)ccc1O. The molecule has 0 radical (unpaired) electrons. The molecule has 1 spiro atoms. The fourth-order valence-corrected chi connectivity index (χ4v) is 6.95. The van der Waals surface area contributed by atoms with Gasteiger partial charge in [0.15, 0.2) is 28.8 Å².